The van der Waals surface area contributed by atoms with Gasteiger partial charge < -0.3 is 36.5 Å². The molecule has 24 aromatic rings. The van der Waals surface area contributed by atoms with Crippen molar-refractivity contribution in [1.82, 2.24) is 36.5 Å². The molecule has 14 heteroatoms. The third-order valence-corrected chi connectivity index (χ3v) is 24.8. The van der Waals surface area contributed by atoms with E-state index in [4.69, 9.17) is 26.3 Å². The Morgan fingerprint density at radius 1 is 0.230 bits per heavy atom. The zero-order chi connectivity index (χ0) is 83.0. The number of aryl methyl sites for hydroxylation is 6. The number of rotatable bonds is 4. The minimum atomic E-state index is 0.564. The van der Waals surface area contributed by atoms with E-state index in [2.05, 4.69) is 328 Å². The molecule has 0 aliphatic carbocycles. The highest BCUT2D eigenvalue weighted by molar-refractivity contribution is 6.20. The summed E-state index contributed by atoms with van der Waals surface area (Å²) >= 11 is 0. The fraction of sp³-hybridized carbons (Fsp3) is 0.0556. The lowest BCUT2D eigenvalue weighted by Crippen LogP contribution is -1.97. The van der Waals surface area contributed by atoms with Gasteiger partial charge in [-0.3, -0.25) is 0 Å². The van der Waals surface area contributed by atoms with Gasteiger partial charge in [-0.15, -0.1) is 0 Å². The van der Waals surface area contributed by atoms with Crippen LogP contribution in [0.3, 0.4) is 0 Å². The smallest absolute Gasteiger partial charge is 0.211 e. The number of para-hydroxylation sites is 6. The topological polar surface area (TPSA) is 104 Å². The molecule has 0 atom stereocenters. The van der Waals surface area contributed by atoms with Crippen LogP contribution in [0.15, 0.2) is 315 Å². The summed E-state index contributed by atoms with van der Waals surface area (Å²) in [6, 6.07) is 113. The zero-order valence-corrected chi connectivity index (χ0v) is 67.3. The van der Waals surface area contributed by atoms with Crippen LogP contribution in [0.25, 0.3) is 217 Å². The Hall–Kier alpha value is -17.1. The number of fused-ring (bicyclic) bond motifs is 24. The maximum absolute atomic E-state index is 9.84. The summed E-state index contributed by atoms with van der Waals surface area (Å²) in [6.45, 7) is 34.5. The second kappa shape index (κ2) is 28.4. The number of hydrogen-bond donors (Lipinski definition) is 0. The molecule has 0 saturated heterocycles. The first-order chi connectivity index (χ1) is 59.8. The van der Waals surface area contributed by atoms with E-state index in [-0.39, 0.29) is 0 Å². The lowest BCUT2D eigenvalue weighted by atomic mass is 10.1. The lowest BCUT2D eigenvalue weighted by molar-refractivity contribution is 1.01. The molecule has 0 bridgehead atoms. The molecule has 0 N–H and O–H groups in total. The van der Waals surface area contributed by atoms with Gasteiger partial charge in [0.1, 0.15) is 6.07 Å². The van der Waals surface area contributed by atoms with Gasteiger partial charge in [0, 0.05) is 159 Å². The molecule has 0 saturated carbocycles. The Bertz CT molecular complexity index is 8810. The number of nitrogens with zero attached hydrogens (tertiary/aromatic N) is 14. The predicted molar refractivity (Wildman–Crippen MR) is 503 cm³/mol. The van der Waals surface area contributed by atoms with Crippen LogP contribution in [-0.4, -0.2) is 36.5 Å². The standard InChI is InChI=1S/2C27H16N4.2C27H19N3/c1-29-21-9-6-12-24-27(21)26-17(16-28)7-5-11-23(26)31(24)18-13-14-20-19-8-3-4-10-22(19)30(2)25(20)15-18;1-29-23-11-6-10-22-21-9-5-7-17(16-28)26(21)31(27(22)23)18-13-14-20-19-8-3-4-12-24(19)30(2)25(20)15-18;1-17-8-12-25-22(14-17)23-15-18(28-2)9-13-26(23)30(25)19-10-11-21-20-6-4-5-7-24(20)29(3)27(21)16-19;1-17-8-11-22-23-12-9-18(28-2)15-27(23)30(26(22)14-17)19-10-13-21-20-6-4-5-7-24(20)29(3)25(21)16-19/h2*3-15H,2H3;2*4-16H,1,3H3. The predicted octanol–water partition coefficient (Wildman–Crippen LogP) is 28.3. The van der Waals surface area contributed by atoms with Gasteiger partial charge in [0.25, 0.3) is 0 Å². The molecule has 0 fully saturated rings. The fourth-order valence-electron chi connectivity index (χ4n) is 19.2. The van der Waals surface area contributed by atoms with Crippen LogP contribution in [0, 0.1) is 62.8 Å². The summed E-state index contributed by atoms with van der Waals surface area (Å²) in [6.07, 6.45) is 0. The van der Waals surface area contributed by atoms with Crippen molar-refractivity contribution in [3.8, 4) is 34.9 Å². The zero-order valence-electron chi connectivity index (χ0n) is 67.3. The highest BCUT2D eigenvalue weighted by Crippen LogP contribution is 2.45. The highest BCUT2D eigenvalue weighted by atomic mass is 15.0. The minimum absolute atomic E-state index is 0.564. The van der Waals surface area contributed by atoms with Crippen molar-refractivity contribution in [2.45, 2.75) is 13.8 Å². The molecule has 8 aromatic heterocycles. The van der Waals surface area contributed by atoms with Crippen molar-refractivity contribution in [1.29, 1.82) is 10.5 Å². The number of aromatic nitrogens is 8. The third kappa shape index (κ3) is 11.0. The van der Waals surface area contributed by atoms with Crippen LogP contribution in [0.2, 0.25) is 0 Å². The van der Waals surface area contributed by atoms with E-state index in [1.165, 1.54) is 109 Å². The Kier molecular flexibility index (Phi) is 16.9. The first kappa shape index (κ1) is 72.6. The van der Waals surface area contributed by atoms with Gasteiger partial charge in [-0.25, -0.2) is 19.4 Å². The van der Waals surface area contributed by atoms with Crippen molar-refractivity contribution in [3.05, 3.63) is 383 Å². The summed E-state index contributed by atoms with van der Waals surface area (Å²) in [5.74, 6) is 0. The summed E-state index contributed by atoms with van der Waals surface area (Å²) in [4.78, 5) is 14.9. The van der Waals surface area contributed by atoms with Crippen molar-refractivity contribution < 1.29 is 0 Å². The van der Waals surface area contributed by atoms with E-state index < -0.39 is 0 Å². The van der Waals surface area contributed by atoms with Crippen LogP contribution in [0.5, 0.6) is 0 Å². The number of nitriles is 2. The molecule has 14 nitrogen and oxygen atoms in total. The van der Waals surface area contributed by atoms with Gasteiger partial charge in [0.05, 0.1) is 98.7 Å². The average Bonchev–Trinajstić information content (AvgIpc) is 1.58. The van der Waals surface area contributed by atoms with E-state index in [9.17, 15) is 10.5 Å². The van der Waals surface area contributed by atoms with E-state index in [0.29, 0.717) is 33.9 Å². The first-order valence-electron chi connectivity index (χ1n) is 40.2. The van der Waals surface area contributed by atoms with Crippen molar-refractivity contribution in [3.63, 3.8) is 0 Å². The Morgan fingerprint density at radius 3 is 1.07 bits per heavy atom. The van der Waals surface area contributed by atoms with E-state index >= 15 is 0 Å². The molecular weight excluding hydrogens is 1490 g/mol. The van der Waals surface area contributed by atoms with Gasteiger partial charge >= 0.3 is 0 Å². The van der Waals surface area contributed by atoms with Gasteiger partial charge in [-0.1, -0.05) is 188 Å². The van der Waals surface area contributed by atoms with Crippen LogP contribution < -0.4 is 0 Å². The quantitative estimate of drug-likeness (QED) is 0.164. The average molecular weight is 1560 g/mol. The van der Waals surface area contributed by atoms with E-state index in [1.807, 2.05) is 97.1 Å². The second-order valence-electron chi connectivity index (χ2n) is 31.3. The molecular formula is C108H70N14. The van der Waals surface area contributed by atoms with Crippen molar-refractivity contribution in [2.24, 2.45) is 28.2 Å². The van der Waals surface area contributed by atoms with Gasteiger partial charge in [-0.05, 0) is 164 Å². The summed E-state index contributed by atoms with van der Waals surface area (Å²) in [5.41, 5.74) is 27.9. The van der Waals surface area contributed by atoms with Crippen molar-refractivity contribution in [2.75, 3.05) is 0 Å². The number of benzene rings is 16. The molecule has 0 unspecified atom stereocenters. The minimum Gasteiger partial charge on any atom is -0.344 e. The number of hydrogen-bond acceptors (Lipinski definition) is 2. The van der Waals surface area contributed by atoms with Crippen molar-refractivity contribution >= 4 is 197 Å². The second-order valence-corrected chi connectivity index (χ2v) is 31.3. The molecule has 0 aliphatic rings. The molecule has 8 heterocycles. The summed E-state index contributed by atoms with van der Waals surface area (Å²) in [5, 5.41) is 37.9. The Morgan fingerprint density at radius 2 is 0.566 bits per heavy atom. The van der Waals surface area contributed by atoms with E-state index in [0.717, 1.165) is 99.3 Å². The van der Waals surface area contributed by atoms with E-state index in [1.54, 1.807) is 0 Å². The SMILES string of the molecule is [C-]#[N+]c1ccc2c(c1)c1cc(C)ccc1n2-c1ccc2c3ccccc3n(C)c2c1.[C-]#[N+]c1ccc2c3ccc(C)cc3n(-c3ccc4c5ccccc5n(C)c4c3)c2c1.[C-]#[N+]c1cccc2c1c1c(C#N)cccc1n2-c1ccc2c3ccccc3n(C)c2c1.[C-]#[N+]c1cccc2c3cccc(C#N)c3n(-c3ccc4c5ccccc5n(C)c4c3)c12. The Balaban J connectivity index is 0.000000100. The van der Waals surface area contributed by atoms with Gasteiger partial charge in [0.2, 0.25) is 5.69 Å². The lowest BCUT2D eigenvalue weighted by Gasteiger charge is -2.11. The largest absolute Gasteiger partial charge is 0.344 e. The first-order valence-corrected chi connectivity index (χ1v) is 40.2. The maximum atomic E-state index is 9.84. The molecule has 122 heavy (non-hydrogen) atoms. The van der Waals surface area contributed by atoms with Gasteiger partial charge in [0.15, 0.2) is 17.1 Å². The third-order valence-electron chi connectivity index (χ3n) is 24.8. The monoisotopic (exact) mass is 1560 g/mol. The van der Waals surface area contributed by atoms with Crippen LogP contribution in [0.1, 0.15) is 22.3 Å². The maximum Gasteiger partial charge on any atom is 0.211 e. The highest BCUT2D eigenvalue weighted by Gasteiger charge is 2.24. The molecule has 572 valence electrons. The van der Waals surface area contributed by atoms with Crippen LogP contribution >= 0.6 is 0 Å². The van der Waals surface area contributed by atoms with Crippen LogP contribution in [-0.2, 0) is 28.2 Å². The molecule has 0 radical (unpaired) electrons. The molecule has 0 spiro atoms. The molecule has 24 rings (SSSR count). The summed E-state index contributed by atoms with van der Waals surface area (Å²) < 4.78 is 17.8. The molecule has 0 amide bonds. The normalized spacial score (nSPS) is 11.5. The molecule has 16 aromatic carbocycles. The van der Waals surface area contributed by atoms with Gasteiger partial charge in [-0.2, -0.15) is 10.5 Å². The van der Waals surface area contributed by atoms with Crippen LogP contribution in [0.4, 0.5) is 22.7 Å². The summed E-state index contributed by atoms with van der Waals surface area (Å²) in [7, 11) is 8.42. The Labute approximate surface area is 700 Å². The molecule has 0 aliphatic heterocycles. The fourth-order valence-corrected chi connectivity index (χ4v) is 19.2.